The van der Waals surface area contributed by atoms with Gasteiger partial charge in [0.1, 0.15) is 5.75 Å². The molecule has 1 aromatic carbocycles. The second kappa shape index (κ2) is 10.7. The quantitative estimate of drug-likeness (QED) is 0.611. The van der Waals surface area contributed by atoms with Gasteiger partial charge in [0.15, 0.2) is 0 Å². The van der Waals surface area contributed by atoms with Crippen LogP contribution >= 0.6 is 11.8 Å². The highest BCUT2D eigenvalue weighted by atomic mass is 32.2. The number of aromatic nitrogens is 2. The predicted octanol–water partition coefficient (Wildman–Crippen LogP) is 4.35. The molecule has 1 aliphatic rings. The molecule has 1 N–H and O–H groups in total. The normalized spacial score (nSPS) is 19.1. The molecule has 158 valence electrons. The zero-order chi connectivity index (χ0) is 20.6. The third kappa shape index (κ3) is 6.49. The molecule has 1 aliphatic carbocycles. The molecule has 1 fully saturated rings. The van der Waals surface area contributed by atoms with Gasteiger partial charge >= 0.3 is 0 Å². The van der Waals surface area contributed by atoms with E-state index in [9.17, 15) is 4.79 Å². The topological polar surface area (TPSA) is 77.2 Å². The van der Waals surface area contributed by atoms with Gasteiger partial charge in [-0.05, 0) is 55.7 Å². The van der Waals surface area contributed by atoms with E-state index >= 15 is 0 Å². The zero-order valence-electron chi connectivity index (χ0n) is 17.6. The molecule has 1 aromatic heterocycles. The van der Waals surface area contributed by atoms with Crippen molar-refractivity contribution in [1.29, 1.82) is 0 Å². The summed E-state index contributed by atoms with van der Waals surface area (Å²) in [4.78, 5) is 12.2. The Kier molecular flexibility index (Phi) is 7.98. The van der Waals surface area contributed by atoms with Crippen molar-refractivity contribution in [3.05, 3.63) is 35.2 Å². The van der Waals surface area contributed by atoms with E-state index in [0.29, 0.717) is 28.8 Å². The lowest BCUT2D eigenvalue weighted by molar-refractivity contribution is -0.119. The van der Waals surface area contributed by atoms with Gasteiger partial charge in [0.25, 0.3) is 5.22 Å². The Hall–Kier alpha value is -2.02. The number of amides is 1. The van der Waals surface area contributed by atoms with E-state index in [-0.39, 0.29) is 5.91 Å². The first-order valence-corrected chi connectivity index (χ1v) is 11.4. The third-order valence-corrected chi connectivity index (χ3v) is 6.37. The first kappa shape index (κ1) is 21.7. The van der Waals surface area contributed by atoms with Gasteiger partial charge in [0, 0.05) is 12.5 Å². The van der Waals surface area contributed by atoms with E-state index in [1.54, 1.807) is 7.11 Å². The van der Waals surface area contributed by atoms with Crippen molar-refractivity contribution in [3.63, 3.8) is 0 Å². The number of hydrogen-bond donors (Lipinski definition) is 1. The van der Waals surface area contributed by atoms with E-state index in [1.807, 2.05) is 6.07 Å². The number of carbonyl (C=O) groups is 1. The van der Waals surface area contributed by atoms with Crippen molar-refractivity contribution in [2.24, 2.45) is 5.92 Å². The number of rotatable bonds is 9. The molecular formula is C22H31N3O3S. The summed E-state index contributed by atoms with van der Waals surface area (Å²) in [6, 6.07) is 6.55. The molecule has 6 nitrogen and oxygen atoms in total. The van der Waals surface area contributed by atoms with Crippen LogP contribution in [0.2, 0.25) is 0 Å². The fraction of sp³-hybridized carbons (Fsp3) is 0.591. The number of methoxy groups -OCH3 is 1. The van der Waals surface area contributed by atoms with Crippen LogP contribution in [0.1, 0.15) is 56.0 Å². The Morgan fingerprint density at radius 1 is 1.28 bits per heavy atom. The Balaban J connectivity index is 1.39. The van der Waals surface area contributed by atoms with Crippen molar-refractivity contribution >= 4 is 17.7 Å². The number of hydrogen-bond acceptors (Lipinski definition) is 6. The summed E-state index contributed by atoms with van der Waals surface area (Å²) < 4.78 is 11.0. The van der Waals surface area contributed by atoms with Crippen LogP contribution in [0, 0.1) is 12.8 Å². The van der Waals surface area contributed by atoms with E-state index < -0.39 is 0 Å². The van der Waals surface area contributed by atoms with Gasteiger partial charge in [-0.3, -0.25) is 4.79 Å². The molecule has 3 rings (SSSR count). The molecular weight excluding hydrogens is 386 g/mol. The summed E-state index contributed by atoms with van der Waals surface area (Å²) in [5.41, 5.74) is 2.41. The fourth-order valence-corrected chi connectivity index (χ4v) is 4.44. The number of benzene rings is 1. The molecule has 0 spiro atoms. The predicted molar refractivity (Wildman–Crippen MR) is 114 cm³/mol. The average molecular weight is 418 g/mol. The van der Waals surface area contributed by atoms with Gasteiger partial charge < -0.3 is 14.5 Å². The van der Waals surface area contributed by atoms with Gasteiger partial charge in [-0.2, -0.15) is 0 Å². The summed E-state index contributed by atoms with van der Waals surface area (Å²) in [6.07, 6.45) is 7.34. The molecule has 1 saturated carbocycles. The first-order chi connectivity index (χ1) is 14.0. The maximum Gasteiger partial charge on any atom is 0.277 e. The largest absolute Gasteiger partial charge is 0.496 e. The Morgan fingerprint density at radius 3 is 2.86 bits per heavy atom. The molecule has 1 amide bonds. The van der Waals surface area contributed by atoms with Crippen LogP contribution in [0.15, 0.2) is 27.8 Å². The maximum atomic E-state index is 12.2. The molecule has 7 heteroatoms. The number of nitrogens with one attached hydrogen (secondary N) is 1. The van der Waals surface area contributed by atoms with Crippen LogP contribution in [0.25, 0.3) is 0 Å². The molecule has 1 heterocycles. The van der Waals surface area contributed by atoms with Crippen LogP contribution in [-0.4, -0.2) is 35.0 Å². The molecule has 0 aliphatic heterocycles. The maximum absolute atomic E-state index is 12.2. The summed E-state index contributed by atoms with van der Waals surface area (Å²) in [5, 5.41) is 11.8. The number of thioether (sulfide) groups is 1. The van der Waals surface area contributed by atoms with Crippen LogP contribution in [0.5, 0.6) is 5.75 Å². The minimum Gasteiger partial charge on any atom is -0.496 e. The molecule has 29 heavy (non-hydrogen) atoms. The lowest BCUT2D eigenvalue weighted by Crippen LogP contribution is -2.41. The highest BCUT2D eigenvalue weighted by Crippen LogP contribution is 2.24. The number of nitrogens with zero attached hydrogens (tertiary/aromatic N) is 2. The smallest absolute Gasteiger partial charge is 0.277 e. The van der Waals surface area contributed by atoms with Gasteiger partial charge in [0.05, 0.1) is 12.9 Å². The van der Waals surface area contributed by atoms with Gasteiger partial charge in [-0.15, -0.1) is 10.2 Å². The molecule has 0 bridgehead atoms. The van der Waals surface area contributed by atoms with Gasteiger partial charge in [-0.1, -0.05) is 43.7 Å². The van der Waals surface area contributed by atoms with E-state index in [2.05, 4.69) is 41.5 Å². The van der Waals surface area contributed by atoms with E-state index in [0.717, 1.165) is 37.0 Å². The number of ether oxygens (including phenoxy) is 1. The van der Waals surface area contributed by atoms with Crippen molar-refractivity contribution in [2.75, 3.05) is 12.9 Å². The highest BCUT2D eigenvalue weighted by molar-refractivity contribution is 7.99. The first-order valence-electron chi connectivity index (χ1n) is 10.4. The fourth-order valence-electron chi connectivity index (χ4n) is 3.84. The van der Waals surface area contributed by atoms with Crippen LogP contribution < -0.4 is 10.1 Å². The minimum absolute atomic E-state index is 0.0448. The lowest BCUT2D eigenvalue weighted by Gasteiger charge is -2.29. The van der Waals surface area contributed by atoms with Crippen LogP contribution in [0.4, 0.5) is 0 Å². The second-order valence-electron chi connectivity index (χ2n) is 7.84. The zero-order valence-corrected chi connectivity index (χ0v) is 18.4. The van der Waals surface area contributed by atoms with E-state index in [1.165, 1.54) is 36.6 Å². The van der Waals surface area contributed by atoms with Crippen molar-refractivity contribution in [3.8, 4) is 5.75 Å². The second-order valence-corrected chi connectivity index (χ2v) is 8.77. The molecule has 0 radical (unpaired) electrons. The van der Waals surface area contributed by atoms with Crippen molar-refractivity contribution in [1.82, 2.24) is 15.5 Å². The number of aryl methyl sites for hydroxylation is 3. The summed E-state index contributed by atoms with van der Waals surface area (Å²) in [7, 11) is 1.69. The Bertz CT molecular complexity index is 808. The standard InChI is InChI=1S/C22H31N3O3S/c1-15-7-4-5-9-18(15)23-20(26)14-29-22-25-24-21(28-22)10-6-8-17-11-12-19(27-3)16(2)13-17/h11-13,15,18H,4-10,14H2,1-3H3,(H,23,26)/t15-,18+/m1/s1. The number of carbonyl (C=O) groups excluding carboxylic acids is 1. The minimum atomic E-state index is 0.0448. The van der Waals surface area contributed by atoms with Crippen molar-refractivity contribution < 1.29 is 13.9 Å². The molecule has 0 unspecified atom stereocenters. The molecule has 2 aromatic rings. The van der Waals surface area contributed by atoms with Gasteiger partial charge in [-0.25, -0.2) is 0 Å². The van der Waals surface area contributed by atoms with E-state index in [4.69, 9.17) is 9.15 Å². The summed E-state index contributed by atoms with van der Waals surface area (Å²) in [6.45, 7) is 4.27. The van der Waals surface area contributed by atoms with Crippen molar-refractivity contribution in [2.45, 2.75) is 70.1 Å². The molecule has 0 saturated heterocycles. The Morgan fingerprint density at radius 2 is 2.10 bits per heavy atom. The SMILES string of the molecule is COc1ccc(CCCc2nnc(SCC(=O)N[C@H]3CCCC[C@H]3C)o2)cc1C. The van der Waals surface area contributed by atoms with Crippen LogP contribution in [-0.2, 0) is 17.6 Å². The van der Waals surface area contributed by atoms with Crippen LogP contribution in [0.3, 0.4) is 0 Å². The molecule has 2 atom stereocenters. The summed E-state index contributed by atoms with van der Waals surface area (Å²) in [5.74, 6) is 2.45. The third-order valence-electron chi connectivity index (χ3n) is 5.55. The Labute approximate surface area is 177 Å². The highest BCUT2D eigenvalue weighted by Gasteiger charge is 2.23. The monoisotopic (exact) mass is 417 g/mol. The van der Waals surface area contributed by atoms with Gasteiger partial charge in [0.2, 0.25) is 11.8 Å². The summed E-state index contributed by atoms with van der Waals surface area (Å²) >= 11 is 1.31. The average Bonchev–Trinajstić information content (AvgIpc) is 3.16. The lowest BCUT2D eigenvalue weighted by atomic mass is 9.86.